The molecule has 4 rings (SSSR count). The molecule has 0 unspecified atom stereocenters. The molecule has 0 atom stereocenters. The van der Waals surface area contributed by atoms with Gasteiger partial charge in [-0.1, -0.05) is 12.1 Å². The topological polar surface area (TPSA) is 113 Å². The van der Waals surface area contributed by atoms with Crippen LogP contribution in [-0.4, -0.2) is 35.7 Å². The molecule has 0 aliphatic rings. The predicted octanol–water partition coefficient (Wildman–Crippen LogP) is 2.44. The van der Waals surface area contributed by atoms with Crippen molar-refractivity contribution < 1.29 is 13.2 Å². The summed E-state index contributed by atoms with van der Waals surface area (Å²) in [4.78, 5) is 7.30. The molecular formula is C18H17N5O3S. The Balaban J connectivity index is 1.54. The minimum absolute atomic E-state index is 0.144. The molecule has 0 bridgehead atoms. The zero-order valence-electron chi connectivity index (χ0n) is 14.4. The number of aromatic nitrogens is 4. The van der Waals surface area contributed by atoms with E-state index in [9.17, 15) is 8.42 Å². The van der Waals surface area contributed by atoms with E-state index in [0.717, 1.165) is 16.7 Å². The maximum absolute atomic E-state index is 12.6. The Kier molecular flexibility index (Phi) is 4.38. The van der Waals surface area contributed by atoms with Crippen LogP contribution in [0.2, 0.25) is 0 Å². The minimum atomic E-state index is -3.66. The van der Waals surface area contributed by atoms with Gasteiger partial charge in [-0.25, -0.2) is 18.1 Å². The number of pyridine rings is 1. The van der Waals surface area contributed by atoms with Crippen molar-refractivity contribution in [2.75, 3.05) is 7.11 Å². The number of methoxy groups -OCH3 is 1. The van der Waals surface area contributed by atoms with Crippen LogP contribution in [0.25, 0.3) is 22.4 Å². The van der Waals surface area contributed by atoms with Gasteiger partial charge >= 0.3 is 0 Å². The van der Waals surface area contributed by atoms with E-state index in [0.29, 0.717) is 17.0 Å². The molecule has 0 saturated heterocycles. The molecule has 0 spiro atoms. The van der Waals surface area contributed by atoms with E-state index in [1.54, 1.807) is 37.6 Å². The van der Waals surface area contributed by atoms with Gasteiger partial charge in [-0.15, -0.1) is 0 Å². The first-order valence-electron chi connectivity index (χ1n) is 8.17. The van der Waals surface area contributed by atoms with Gasteiger partial charge in [-0.3, -0.25) is 5.10 Å². The first-order chi connectivity index (χ1) is 13.1. The molecule has 3 N–H and O–H groups in total. The second kappa shape index (κ2) is 6.86. The molecule has 0 aliphatic carbocycles. The van der Waals surface area contributed by atoms with Crippen LogP contribution in [0.4, 0.5) is 0 Å². The monoisotopic (exact) mass is 383 g/mol. The highest BCUT2D eigenvalue weighted by atomic mass is 32.2. The summed E-state index contributed by atoms with van der Waals surface area (Å²) < 4.78 is 32.9. The molecule has 3 aromatic heterocycles. The number of H-pyrrole nitrogens is 2. The van der Waals surface area contributed by atoms with Crippen molar-refractivity contribution in [3.8, 4) is 17.1 Å². The zero-order valence-corrected chi connectivity index (χ0v) is 15.2. The molecule has 4 aromatic rings. The third-order valence-corrected chi connectivity index (χ3v) is 5.56. The van der Waals surface area contributed by atoms with E-state index < -0.39 is 10.0 Å². The van der Waals surface area contributed by atoms with Gasteiger partial charge in [0.05, 0.1) is 12.8 Å². The van der Waals surface area contributed by atoms with E-state index in [-0.39, 0.29) is 11.4 Å². The Morgan fingerprint density at radius 3 is 2.78 bits per heavy atom. The first-order valence-corrected chi connectivity index (χ1v) is 9.65. The van der Waals surface area contributed by atoms with Crippen molar-refractivity contribution in [3.63, 3.8) is 0 Å². The van der Waals surface area contributed by atoms with Crippen LogP contribution in [0, 0.1) is 0 Å². The van der Waals surface area contributed by atoms with Crippen LogP contribution < -0.4 is 9.46 Å². The molecular weight excluding hydrogens is 366 g/mol. The summed E-state index contributed by atoms with van der Waals surface area (Å²) >= 11 is 0. The highest BCUT2D eigenvalue weighted by Gasteiger charge is 2.18. The summed E-state index contributed by atoms with van der Waals surface area (Å²) in [6, 6.07) is 12.4. The van der Waals surface area contributed by atoms with Crippen LogP contribution in [0.15, 0.2) is 59.8 Å². The van der Waals surface area contributed by atoms with Crippen molar-refractivity contribution in [2.45, 2.75) is 11.4 Å². The fourth-order valence-corrected chi connectivity index (χ4v) is 3.74. The molecule has 0 amide bonds. The van der Waals surface area contributed by atoms with Crippen LogP contribution in [0.1, 0.15) is 5.56 Å². The van der Waals surface area contributed by atoms with Crippen LogP contribution in [-0.2, 0) is 16.6 Å². The number of fused-ring (bicyclic) bond motifs is 1. The van der Waals surface area contributed by atoms with Crippen molar-refractivity contribution in [1.82, 2.24) is 24.9 Å². The largest absolute Gasteiger partial charge is 0.497 e. The Bertz CT molecular complexity index is 1180. The van der Waals surface area contributed by atoms with Gasteiger partial charge in [-0.2, -0.15) is 5.10 Å². The highest BCUT2D eigenvalue weighted by Crippen LogP contribution is 2.26. The van der Waals surface area contributed by atoms with Gasteiger partial charge in [-0.05, 0) is 35.9 Å². The lowest BCUT2D eigenvalue weighted by molar-refractivity contribution is 0.414. The Morgan fingerprint density at radius 2 is 2.00 bits per heavy atom. The number of nitrogens with one attached hydrogen (secondary N) is 3. The molecule has 9 heteroatoms. The van der Waals surface area contributed by atoms with Crippen LogP contribution in [0.5, 0.6) is 5.75 Å². The number of rotatable bonds is 6. The second-order valence-electron chi connectivity index (χ2n) is 5.89. The van der Waals surface area contributed by atoms with Crippen LogP contribution in [0.3, 0.4) is 0 Å². The summed E-state index contributed by atoms with van der Waals surface area (Å²) in [5, 5.41) is 7.87. The van der Waals surface area contributed by atoms with Crippen molar-refractivity contribution in [2.24, 2.45) is 0 Å². The number of benzene rings is 1. The average Bonchev–Trinajstić information content (AvgIpc) is 3.34. The fraction of sp³-hybridized carbons (Fsp3) is 0.111. The first kappa shape index (κ1) is 17.3. The number of sulfonamides is 1. The van der Waals surface area contributed by atoms with Crippen LogP contribution >= 0.6 is 0 Å². The van der Waals surface area contributed by atoms with Gasteiger partial charge in [0.2, 0.25) is 10.0 Å². The molecule has 8 nitrogen and oxygen atoms in total. The molecule has 27 heavy (non-hydrogen) atoms. The summed E-state index contributed by atoms with van der Waals surface area (Å²) in [5.74, 6) is 0.720. The van der Waals surface area contributed by atoms with Crippen molar-refractivity contribution in [3.05, 3.63) is 60.4 Å². The molecule has 1 aromatic carbocycles. The zero-order chi connectivity index (χ0) is 18.9. The lowest BCUT2D eigenvalue weighted by Crippen LogP contribution is -2.22. The normalized spacial score (nSPS) is 11.7. The SMILES string of the molecule is COc1ccc(CNS(=O)(=O)c2c[nH]c(-c3n[nH]c4ncccc34)c2)cc1. The highest BCUT2D eigenvalue weighted by molar-refractivity contribution is 7.89. The molecule has 0 fully saturated rings. The average molecular weight is 383 g/mol. The van der Waals surface area contributed by atoms with E-state index in [2.05, 4.69) is 24.9 Å². The standard InChI is InChI=1S/C18H17N5O3S/c1-26-13-6-4-12(5-7-13)10-21-27(24,25)14-9-16(20-11-14)17-15-3-2-8-19-18(15)23-22-17/h2-9,11,20-21H,10H2,1H3,(H,19,22,23). The molecule has 0 saturated carbocycles. The number of ether oxygens (including phenoxy) is 1. The number of aromatic amines is 2. The summed E-state index contributed by atoms with van der Waals surface area (Å²) in [7, 11) is -2.08. The maximum atomic E-state index is 12.6. The van der Waals surface area contributed by atoms with E-state index >= 15 is 0 Å². The van der Waals surface area contributed by atoms with E-state index in [4.69, 9.17) is 4.74 Å². The number of hydrogen-bond donors (Lipinski definition) is 3. The van der Waals surface area contributed by atoms with E-state index in [1.807, 2.05) is 18.2 Å². The lowest BCUT2D eigenvalue weighted by atomic mass is 10.2. The Morgan fingerprint density at radius 1 is 1.19 bits per heavy atom. The number of hydrogen-bond acceptors (Lipinski definition) is 5. The van der Waals surface area contributed by atoms with Gasteiger partial charge in [0.1, 0.15) is 16.3 Å². The molecule has 138 valence electrons. The van der Waals surface area contributed by atoms with Gasteiger partial charge in [0, 0.05) is 24.3 Å². The third kappa shape index (κ3) is 3.42. The maximum Gasteiger partial charge on any atom is 0.242 e. The molecule has 0 aliphatic heterocycles. The third-order valence-electron chi connectivity index (χ3n) is 4.18. The summed E-state index contributed by atoms with van der Waals surface area (Å²) in [5.41, 5.74) is 2.69. The van der Waals surface area contributed by atoms with Gasteiger partial charge in [0.25, 0.3) is 0 Å². The Labute approximate surface area is 155 Å². The molecule has 0 radical (unpaired) electrons. The van der Waals surface area contributed by atoms with Crippen molar-refractivity contribution >= 4 is 21.1 Å². The minimum Gasteiger partial charge on any atom is -0.497 e. The van der Waals surface area contributed by atoms with Crippen molar-refractivity contribution in [1.29, 1.82) is 0 Å². The number of nitrogens with zero attached hydrogens (tertiary/aromatic N) is 2. The smallest absolute Gasteiger partial charge is 0.242 e. The summed E-state index contributed by atoms with van der Waals surface area (Å²) in [6.07, 6.45) is 3.11. The lowest BCUT2D eigenvalue weighted by Gasteiger charge is -2.06. The molecule has 3 heterocycles. The Hall–Kier alpha value is -3.17. The second-order valence-corrected chi connectivity index (χ2v) is 7.66. The fourth-order valence-electron chi connectivity index (χ4n) is 2.73. The quantitative estimate of drug-likeness (QED) is 0.473. The van der Waals surface area contributed by atoms with E-state index in [1.165, 1.54) is 6.20 Å². The van der Waals surface area contributed by atoms with Gasteiger partial charge in [0.15, 0.2) is 5.65 Å². The predicted molar refractivity (Wildman–Crippen MR) is 101 cm³/mol. The summed E-state index contributed by atoms with van der Waals surface area (Å²) in [6.45, 7) is 0.183. The van der Waals surface area contributed by atoms with Gasteiger partial charge < -0.3 is 9.72 Å².